The fraction of sp³-hybridized carbons (Fsp3) is 0.333. The fourth-order valence-corrected chi connectivity index (χ4v) is 3.62. The van der Waals surface area contributed by atoms with Gasteiger partial charge in [0, 0.05) is 17.5 Å². The summed E-state index contributed by atoms with van der Waals surface area (Å²) in [5, 5.41) is 11.9. The molecule has 2 aromatic carbocycles. The zero-order valence-electron chi connectivity index (χ0n) is 14.5. The lowest BCUT2D eigenvalue weighted by Crippen LogP contribution is -2.31. The molecule has 1 fully saturated rings. The van der Waals surface area contributed by atoms with Crippen molar-refractivity contribution in [3.8, 4) is 11.1 Å². The smallest absolute Gasteiger partial charge is 0.246 e. The molecule has 0 heterocycles. The van der Waals surface area contributed by atoms with Gasteiger partial charge in [-0.2, -0.15) is 0 Å². The number of aryl methyl sites for hydroxylation is 1. The van der Waals surface area contributed by atoms with Crippen LogP contribution in [0.2, 0.25) is 0 Å². The Morgan fingerprint density at radius 2 is 1.69 bits per heavy atom. The van der Waals surface area contributed by atoms with Crippen molar-refractivity contribution < 1.29 is 14.8 Å². The van der Waals surface area contributed by atoms with Gasteiger partial charge in [0.2, 0.25) is 11.8 Å². The summed E-state index contributed by atoms with van der Waals surface area (Å²) in [7, 11) is 0. The van der Waals surface area contributed by atoms with Crippen molar-refractivity contribution in [3.63, 3.8) is 0 Å². The zero-order valence-corrected chi connectivity index (χ0v) is 14.5. The van der Waals surface area contributed by atoms with Crippen molar-refractivity contribution in [2.24, 2.45) is 11.8 Å². The summed E-state index contributed by atoms with van der Waals surface area (Å²) in [5.41, 5.74) is 7.10. The van der Waals surface area contributed by atoms with E-state index in [2.05, 4.69) is 23.5 Å². The minimum absolute atomic E-state index is 0.102. The molecule has 1 saturated carbocycles. The fourth-order valence-electron chi connectivity index (χ4n) is 3.62. The van der Waals surface area contributed by atoms with Crippen molar-refractivity contribution in [1.29, 1.82) is 0 Å². The predicted octanol–water partition coefficient (Wildman–Crippen LogP) is 3.31. The molecule has 1 atom stereocenters. The summed E-state index contributed by atoms with van der Waals surface area (Å²) in [6.07, 6.45) is 4.19. The third-order valence-electron chi connectivity index (χ3n) is 5.33. The molecular weight excluding hydrogens is 328 g/mol. The maximum Gasteiger partial charge on any atom is 0.246 e. The average Bonchev–Trinajstić information content (AvgIpc) is 3.52. The number of nitrogens with one attached hydrogen (secondary N) is 2. The molecule has 26 heavy (non-hydrogen) atoms. The lowest BCUT2D eigenvalue weighted by Gasteiger charge is -2.23. The Hall–Kier alpha value is -2.66. The molecular formula is C21H22N2O3. The van der Waals surface area contributed by atoms with Crippen LogP contribution < -0.4 is 10.8 Å². The summed E-state index contributed by atoms with van der Waals surface area (Å²) < 4.78 is 0. The molecule has 2 aromatic rings. The van der Waals surface area contributed by atoms with Crippen molar-refractivity contribution in [2.45, 2.75) is 32.1 Å². The molecule has 2 aliphatic carbocycles. The molecule has 134 valence electrons. The van der Waals surface area contributed by atoms with E-state index in [9.17, 15) is 9.59 Å². The Kier molecular flexibility index (Phi) is 4.47. The van der Waals surface area contributed by atoms with Crippen molar-refractivity contribution in [1.82, 2.24) is 5.48 Å². The summed E-state index contributed by atoms with van der Waals surface area (Å²) in [6, 6.07) is 14.2. The van der Waals surface area contributed by atoms with Crippen LogP contribution in [-0.2, 0) is 22.4 Å². The standard InChI is InChI=1S/C21H22N2O3/c24-20(14-6-7-14)22-19-3-1-2-15(12-19)16-8-4-13-5-9-17(21(25)23-26)11-18(13)10-16/h1-4,8,10,12,14,17,26H,5-7,9,11H2,(H,22,24)(H,23,25). The molecule has 0 spiro atoms. The number of hydrogen-bond acceptors (Lipinski definition) is 3. The van der Waals surface area contributed by atoms with Gasteiger partial charge in [-0.05, 0) is 66.5 Å². The highest BCUT2D eigenvalue weighted by Gasteiger charge is 2.29. The number of hydrogen-bond donors (Lipinski definition) is 3. The molecule has 5 nitrogen and oxygen atoms in total. The number of rotatable bonds is 4. The third-order valence-corrected chi connectivity index (χ3v) is 5.33. The number of amides is 2. The molecule has 3 N–H and O–H groups in total. The quantitative estimate of drug-likeness (QED) is 0.585. The number of benzene rings is 2. The van der Waals surface area contributed by atoms with Gasteiger partial charge in [-0.3, -0.25) is 14.8 Å². The molecule has 0 aromatic heterocycles. The van der Waals surface area contributed by atoms with Crippen LogP contribution in [0.25, 0.3) is 11.1 Å². The monoisotopic (exact) mass is 350 g/mol. The van der Waals surface area contributed by atoms with E-state index in [1.54, 1.807) is 5.48 Å². The Bertz CT molecular complexity index is 858. The first kappa shape index (κ1) is 16.8. The van der Waals surface area contributed by atoms with Crippen LogP contribution in [0, 0.1) is 11.8 Å². The summed E-state index contributed by atoms with van der Waals surface area (Å²) in [4.78, 5) is 23.7. The molecule has 0 bridgehead atoms. The first-order chi connectivity index (χ1) is 12.6. The van der Waals surface area contributed by atoms with E-state index in [4.69, 9.17) is 5.21 Å². The number of anilines is 1. The van der Waals surface area contributed by atoms with E-state index in [1.807, 2.05) is 24.3 Å². The SMILES string of the molecule is O=C(NO)C1CCc2ccc(-c3cccc(NC(=O)C4CC4)c3)cc2C1. The Labute approximate surface area is 152 Å². The number of fused-ring (bicyclic) bond motifs is 1. The van der Waals surface area contributed by atoms with Gasteiger partial charge in [-0.25, -0.2) is 5.48 Å². The van der Waals surface area contributed by atoms with E-state index in [-0.39, 0.29) is 23.7 Å². The Balaban J connectivity index is 1.56. The van der Waals surface area contributed by atoms with Crippen LogP contribution in [-0.4, -0.2) is 17.0 Å². The van der Waals surface area contributed by atoms with Gasteiger partial charge in [0.05, 0.1) is 0 Å². The van der Waals surface area contributed by atoms with Gasteiger partial charge in [0.1, 0.15) is 0 Å². The average molecular weight is 350 g/mol. The molecule has 1 unspecified atom stereocenters. The van der Waals surface area contributed by atoms with Crippen LogP contribution in [0.15, 0.2) is 42.5 Å². The molecule has 5 heteroatoms. The number of carbonyl (C=O) groups excluding carboxylic acids is 2. The van der Waals surface area contributed by atoms with Gasteiger partial charge in [0.25, 0.3) is 0 Å². The first-order valence-corrected chi connectivity index (χ1v) is 9.11. The van der Waals surface area contributed by atoms with Gasteiger partial charge < -0.3 is 5.32 Å². The van der Waals surface area contributed by atoms with Crippen molar-refractivity contribution >= 4 is 17.5 Å². The van der Waals surface area contributed by atoms with Gasteiger partial charge in [-0.1, -0.05) is 30.3 Å². The molecule has 4 rings (SSSR count). The first-order valence-electron chi connectivity index (χ1n) is 9.11. The van der Waals surface area contributed by atoms with Gasteiger partial charge in [-0.15, -0.1) is 0 Å². The van der Waals surface area contributed by atoms with Gasteiger partial charge in [0.15, 0.2) is 0 Å². The number of carbonyl (C=O) groups is 2. The minimum atomic E-state index is -0.314. The second kappa shape index (κ2) is 6.92. The van der Waals surface area contributed by atoms with Crippen molar-refractivity contribution in [2.75, 3.05) is 5.32 Å². The Morgan fingerprint density at radius 3 is 2.46 bits per heavy atom. The number of hydroxylamine groups is 1. The van der Waals surface area contributed by atoms with Crippen LogP contribution in [0.4, 0.5) is 5.69 Å². The van der Waals surface area contributed by atoms with Gasteiger partial charge >= 0.3 is 0 Å². The Morgan fingerprint density at radius 1 is 0.885 bits per heavy atom. The maximum atomic E-state index is 12.0. The molecule has 0 radical (unpaired) electrons. The largest absolute Gasteiger partial charge is 0.326 e. The summed E-state index contributed by atoms with van der Waals surface area (Å²) in [5.74, 6) is -0.222. The maximum absolute atomic E-state index is 12.0. The van der Waals surface area contributed by atoms with Crippen LogP contribution in [0.1, 0.15) is 30.4 Å². The highest BCUT2D eigenvalue weighted by molar-refractivity contribution is 5.94. The minimum Gasteiger partial charge on any atom is -0.326 e. The van der Waals surface area contributed by atoms with Crippen molar-refractivity contribution in [3.05, 3.63) is 53.6 Å². The van der Waals surface area contributed by atoms with E-state index < -0.39 is 0 Å². The second-order valence-corrected chi connectivity index (χ2v) is 7.24. The van der Waals surface area contributed by atoms with E-state index in [0.717, 1.165) is 48.1 Å². The van der Waals surface area contributed by atoms with Crippen LogP contribution in [0.3, 0.4) is 0 Å². The predicted molar refractivity (Wildman–Crippen MR) is 98.7 cm³/mol. The summed E-state index contributed by atoms with van der Waals surface area (Å²) >= 11 is 0. The lowest BCUT2D eigenvalue weighted by atomic mass is 9.82. The third kappa shape index (κ3) is 3.48. The normalized spacial score (nSPS) is 18.7. The van der Waals surface area contributed by atoms with E-state index in [0.29, 0.717) is 6.42 Å². The molecule has 0 saturated heterocycles. The van der Waals surface area contributed by atoms with Crippen LogP contribution >= 0.6 is 0 Å². The molecule has 0 aliphatic heterocycles. The van der Waals surface area contributed by atoms with Crippen LogP contribution in [0.5, 0.6) is 0 Å². The topological polar surface area (TPSA) is 78.4 Å². The van der Waals surface area contributed by atoms with E-state index >= 15 is 0 Å². The zero-order chi connectivity index (χ0) is 18.1. The lowest BCUT2D eigenvalue weighted by molar-refractivity contribution is -0.133. The molecule has 2 aliphatic rings. The molecule has 2 amide bonds. The highest BCUT2D eigenvalue weighted by atomic mass is 16.5. The van der Waals surface area contributed by atoms with E-state index in [1.165, 1.54) is 5.56 Å². The second-order valence-electron chi connectivity index (χ2n) is 7.24. The summed E-state index contributed by atoms with van der Waals surface area (Å²) in [6.45, 7) is 0. The highest BCUT2D eigenvalue weighted by Crippen LogP contribution is 2.32.